The quantitative estimate of drug-likeness (QED) is 0.907. The summed E-state index contributed by atoms with van der Waals surface area (Å²) in [5.41, 5.74) is 8.00. The molecule has 3 nitrogen and oxygen atoms in total. The minimum absolute atomic E-state index is 0.578. The normalized spacial score (nSPS) is 16.1. The van der Waals surface area contributed by atoms with E-state index in [2.05, 4.69) is 37.7 Å². The van der Waals surface area contributed by atoms with E-state index >= 15 is 0 Å². The van der Waals surface area contributed by atoms with Gasteiger partial charge in [-0.05, 0) is 40.4 Å². The van der Waals surface area contributed by atoms with Crippen LogP contribution in [0.5, 0.6) is 0 Å². The molecule has 0 aromatic carbocycles. The molecule has 2 aromatic rings. The fourth-order valence-corrected chi connectivity index (χ4v) is 2.30. The summed E-state index contributed by atoms with van der Waals surface area (Å²) in [5, 5.41) is 1.18. The van der Waals surface area contributed by atoms with Crippen LogP contribution in [0.25, 0.3) is 11.0 Å². The number of fused-ring (bicyclic) bond motifs is 1. The van der Waals surface area contributed by atoms with E-state index in [1.54, 1.807) is 0 Å². The van der Waals surface area contributed by atoms with E-state index in [9.17, 15) is 0 Å². The molecule has 0 bridgehead atoms. The first-order chi connectivity index (χ1) is 7.29. The van der Waals surface area contributed by atoms with Crippen LogP contribution >= 0.6 is 15.9 Å². The average Bonchev–Trinajstić information content (AvgIpc) is 3.01. The van der Waals surface area contributed by atoms with Crippen LogP contribution < -0.4 is 5.73 Å². The molecule has 0 atom stereocenters. The number of rotatable bonds is 2. The monoisotopic (exact) mass is 265 g/mol. The van der Waals surface area contributed by atoms with Gasteiger partial charge in [-0.2, -0.15) is 0 Å². The van der Waals surface area contributed by atoms with E-state index in [0.717, 1.165) is 10.1 Å². The second kappa shape index (κ2) is 3.32. The van der Waals surface area contributed by atoms with Crippen molar-refractivity contribution in [2.24, 2.45) is 5.73 Å². The lowest BCUT2D eigenvalue weighted by Crippen LogP contribution is -1.95. The van der Waals surface area contributed by atoms with Gasteiger partial charge in [0.1, 0.15) is 5.65 Å². The Kier molecular flexibility index (Phi) is 2.07. The zero-order valence-corrected chi connectivity index (χ0v) is 9.87. The lowest BCUT2D eigenvalue weighted by Gasteiger charge is -2.00. The maximum atomic E-state index is 5.74. The highest BCUT2D eigenvalue weighted by molar-refractivity contribution is 9.10. The van der Waals surface area contributed by atoms with Crippen LogP contribution in [0.2, 0.25) is 0 Å². The molecule has 2 N–H and O–H groups in total. The summed E-state index contributed by atoms with van der Waals surface area (Å²) in [6, 6.07) is 2.75. The molecule has 1 saturated carbocycles. The molecule has 15 heavy (non-hydrogen) atoms. The van der Waals surface area contributed by atoms with E-state index in [1.165, 1.54) is 23.8 Å². The molecule has 1 aliphatic carbocycles. The van der Waals surface area contributed by atoms with E-state index in [0.29, 0.717) is 12.6 Å². The Balaban J connectivity index is 2.28. The Morgan fingerprint density at radius 3 is 3.00 bits per heavy atom. The molecule has 1 fully saturated rings. The van der Waals surface area contributed by atoms with Crippen LogP contribution in [-0.4, -0.2) is 9.55 Å². The fourth-order valence-electron chi connectivity index (χ4n) is 1.97. The maximum Gasteiger partial charge on any atom is 0.140 e. The summed E-state index contributed by atoms with van der Waals surface area (Å²) in [5.74, 6) is 0. The van der Waals surface area contributed by atoms with Crippen LogP contribution in [0.4, 0.5) is 0 Å². The predicted molar refractivity (Wildman–Crippen MR) is 63.6 cm³/mol. The highest BCUT2D eigenvalue weighted by Gasteiger charge is 2.26. The second-order valence-electron chi connectivity index (χ2n) is 4.02. The highest BCUT2D eigenvalue weighted by atomic mass is 79.9. The Hall–Kier alpha value is -0.870. The average molecular weight is 266 g/mol. The van der Waals surface area contributed by atoms with E-state index in [1.807, 2.05) is 6.20 Å². The summed E-state index contributed by atoms with van der Waals surface area (Å²) in [6.07, 6.45) is 6.54. The van der Waals surface area contributed by atoms with Gasteiger partial charge < -0.3 is 10.3 Å². The second-order valence-corrected chi connectivity index (χ2v) is 4.94. The molecular formula is C11H12BrN3. The third-order valence-electron chi connectivity index (χ3n) is 2.88. The van der Waals surface area contributed by atoms with Gasteiger partial charge in [0.25, 0.3) is 0 Å². The van der Waals surface area contributed by atoms with Crippen LogP contribution in [0.1, 0.15) is 24.4 Å². The van der Waals surface area contributed by atoms with Crippen molar-refractivity contribution >= 4 is 27.0 Å². The molecule has 0 unspecified atom stereocenters. The number of hydrogen-bond acceptors (Lipinski definition) is 2. The Morgan fingerprint density at radius 2 is 2.33 bits per heavy atom. The lowest BCUT2D eigenvalue weighted by molar-refractivity contribution is 0.762. The zero-order chi connectivity index (χ0) is 10.4. The smallest absolute Gasteiger partial charge is 0.140 e. The van der Waals surface area contributed by atoms with Crippen molar-refractivity contribution < 1.29 is 0 Å². The molecule has 78 valence electrons. The summed E-state index contributed by atoms with van der Waals surface area (Å²) in [6.45, 7) is 0.578. The number of aromatic nitrogens is 2. The molecule has 0 amide bonds. The summed E-state index contributed by atoms with van der Waals surface area (Å²) in [7, 11) is 0. The first kappa shape index (κ1) is 9.36. The molecule has 2 heterocycles. The summed E-state index contributed by atoms with van der Waals surface area (Å²) < 4.78 is 3.28. The molecular weight excluding hydrogens is 254 g/mol. The molecule has 4 heteroatoms. The SMILES string of the molecule is NCc1cn(C2CC2)c2ncc(Br)cc12. The molecule has 2 aromatic heterocycles. The first-order valence-electron chi connectivity index (χ1n) is 5.14. The third kappa shape index (κ3) is 1.48. The zero-order valence-electron chi connectivity index (χ0n) is 8.28. The van der Waals surface area contributed by atoms with Gasteiger partial charge in [0, 0.05) is 34.8 Å². The van der Waals surface area contributed by atoms with Crippen LogP contribution in [0, 0.1) is 0 Å². The van der Waals surface area contributed by atoms with Crippen molar-refractivity contribution in [2.45, 2.75) is 25.4 Å². The fraction of sp³-hybridized carbons (Fsp3) is 0.364. The minimum atomic E-state index is 0.578. The summed E-state index contributed by atoms with van der Waals surface area (Å²) in [4.78, 5) is 4.47. The van der Waals surface area contributed by atoms with E-state index < -0.39 is 0 Å². The van der Waals surface area contributed by atoms with Gasteiger partial charge in [-0.3, -0.25) is 0 Å². The van der Waals surface area contributed by atoms with Gasteiger partial charge in [0.2, 0.25) is 0 Å². The van der Waals surface area contributed by atoms with Gasteiger partial charge in [-0.25, -0.2) is 4.98 Å². The lowest BCUT2D eigenvalue weighted by atomic mass is 10.2. The molecule has 0 saturated heterocycles. The predicted octanol–water partition coefficient (Wildman–Crippen LogP) is 2.59. The van der Waals surface area contributed by atoms with Gasteiger partial charge >= 0.3 is 0 Å². The first-order valence-corrected chi connectivity index (χ1v) is 5.94. The number of nitrogens with two attached hydrogens (primary N) is 1. The van der Waals surface area contributed by atoms with Gasteiger partial charge in [0.05, 0.1) is 0 Å². The molecule has 0 spiro atoms. The van der Waals surface area contributed by atoms with Crippen molar-refractivity contribution in [1.29, 1.82) is 0 Å². The van der Waals surface area contributed by atoms with Gasteiger partial charge in [0.15, 0.2) is 0 Å². The summed E-state index contributed by atoms with van der Waals surface area (Å²) >= 11 is 3.45. The Labute approximate surface area is 96.4 Å². The van der Waals surface area contributed by atoms with Gasteiger partial charge in [-0.15, -0.1) is 0 Å². The molecule has 1 aliphatic rings. The Bertz CT molecular complexity index is 514. The van der Waals surface area contributed by atoms with Crippen molar-refractivity contribution in [2.75, 3.05) is 0 Å². The van der Waals surface area contributed by atoms with Crippen molar-refractivity contribution in [1.82, 2.24) is 9.55 Å². The number of hydrogen-bond donors (Lipinski definition) is 1. The highest BCUT2D eigenvalue weighted by Crippen LogP contribution is 2.38. The van der Waals surface area contributed by atoms with Gasteiger partial charge in [-0.1, -0.05) is 0 Å². The third-order valence-corrected chi connectivity index (χ3v) is 3.31. The maximum absolute atomic E-state index is 5.74. The number of nitrogens with zero attached hydrogens (tertiary/aromatic N) is 2. The Morgan fingerprint density at radius 1 is 1.53 bits per heavy atom. The van der Waals surface area contributed by atoms with Crippen LogP contribution in [0.3, 0.4) is 0 Å². The van der Waals surface area contributed by atoms with Crippen molar-refractivity contribution in [3.05, 3.63) is 28.5 Å². The minimum Gasteiger partial charge on any atom is -0.329 e. The van der Waals surface area contributed by atoms with E-state index in [4.69, 9.17) is 5.73 Å². The molecule has 0 radical (unpaired) electrons. The van der Waals surface area contributed by atoms with Crippen LogP contribution in [-0.2, 0) is 6.54 Å². The number of pyridine rings is 1. The van der Waals surface area contributed by atoms with Crippen LogP contribution in [0.15, 0.2) is 22.9 Å². The molecule has 0 aliphatic heterocycles. The number of halogens is 1. The van der Waals surface area contributed by atoms with E-state index in [-0.39, 0.29) is 0 Å². The van der Waals surface area contributed by atoms with Crippen molar-refractivity contribution in [3.63, 3.8) is 0 Å². The standard InChI is InChI=1S/C11H12BrN3/c12-8-3-10-7(4-13)6-15(9-1-2-9)11(10)14-5-8/h3,5-6,9H,1-2,4,13H2. The van der Waals surface area contributed by atoms with Crippen molar-refractivity contribution in [3.8, 4) is 0 Å². The molecule has 3 rings (SSSR count). The topological polar surface area (TPSA) is 43.8 Å². The largest absolute Gasteiger partial charge is 0.329 e.